The van der Waals surface area contributed by atoms with Crippen molar-refractivity contribution in [2.75, 3.05) is 0 Å². The number of hydrogen-bond acceptors (Lipinski definition) is 2. The molecule has 0 saturated carbocycles. The number of ketones is 1. The van der Waals surface area contributed by atoms with Crippen LogP contribution in [0.2, 0.25) is 0 Å². The van der Waals surface area contributed by atoms with Gasteiger partial charge in [-0.2, -0.15) is 5.10 Å². The van der Waals surface area contributed by atoms with E-state index < -0.39 is 0 Å². The van der Waals surface area contributed by atoms with Gasteiger partial charge in [0.25, 0.3) is 0 Å². The number of hydrogen-bond donors (Lipinski definition) is 0. The molecule has 0 unspecified atom stereocenters. The van der Waals surface area contributed by atoms with Crippen LogP contribution >= 0.6 is 15.9 Å². The van der Waals surface area contributed by atoms with Crippen LogP contribution in [-0.4, -0.2) is 15.6 Å². The smallest absolute Gasteiger partial charge is 0.162 e. The second-order valence-corrected chi connectivity index (χ2v) is 5.17. The van der Waals surface area contributed by atoms with Crippen molar-refractivity contribution >= 4 is 21.7 Å². The van der Waals surface area contributed by atoms with Gasteiger partial charge in [-0.25, -0.2) is 0 Å². The van der Waals surface area contributed by atoms with Crippen molar-refractivity contribution in [2.45, 2.75) is 26.3 Å². The molecule has 94 valence electrons. The Morgan fingerprint density at radius 1 is 1.28 bits per heavy atom. The molecule has 0 amide bonds. The zero-order chi connectivity index (χ0) is 13.0. The minimum absolute atomic E-state index is 0.186. The van der Waals surface area contributed by atoms with Crippen molar-refractivity contribution in [3.63, 3.8) is 0 Å². The molecule has 0 N–H and O–H groups in total. The van der Waals surface area contributed by atoms with E-state index in [0.717, 1.165) is 28.7 Å². The fourth-order valence-corrected chi connectivity index (χ4v) is 2.03. The lowest BCUT2D eigenvalue weighted by atomic mass is 10.1. The molecule has 0 fully saturated rings. The van der Waals surface area contributed by atoms with Gasteiger partial charge in [-0.15, -0.1) is 0 Å². The lowest BCUT2D eigenvalue weighted by molar-refractivity contribution is 0.0978. The Morgan fingerprint density at radius 3 is 2.61 bits per heavy atom. The fraction of sp³-hybridized carbons (Fsp3) is 0.286. The second-order valence-electron chi connectivity index (χ2n) is 4.25. The maximum atomic E-state index is 11.9. The fourth-order valence-electron chi connectivity index (χ4n) is 1.77. The number of halogens is 1. The molecular formula is C14H15BrN2O. The largest absolute Gasteiger partial charge is 0.294 e. The molecule has 0 saturated heterocycles. The molecule has 0 aliphatic heterocycles. The van der Waals surface area contributed by atoms with Crippen LogP contribution in [0.4, 0.5) is 0 Å². The summed E-state index contributed by atoms with van der Waals surface area (Å²) in [5.41, 5.74) is 1.78. The third-order valence-electron chi connectivity index (χ3n) is 2.73. The van der Waals surface area contributed by atoms with Gasteiger partial charge in [-0.1, -0.05) is 28.1 Å². The quantitative estimate of drug-likeness (QED) is 0.791. The van der Waals surface area contributed by atoms with Gasteiger partial charge in [0.05, 0.1) is 5.69 Å². The highest BCUT2D eigenvalue weighted by Gasteiger charge is 2.05. The lowest BCUT2D eigenvalue weighted by Gasteiger charge is -2.02. The molecule has 18 heavy (non-hydrogen) atoms. The number of aryl methyl sites for hydroxylation is 2. The van der Waals surface area contributed by atoms with E-state index in [1.165, 1.54) is 0 Å². The summed E-state index contributed by atoms with van der Waals surface area (Å²) >= 11 is 3.36. The Morgan fingerprint density at radius 2 is 2.00 bits per heavy atom. The third-order valence-corrected chi connectivity index (χ3v) is 3.26. The molecule has 0 aliphatic rings. The third kappa shape index (κ3) is 3.53. The Hall–Kier alpha value is -1.42. The summed E-state index contributed by atoms with van der Waals surface area (Å²) < 4.78 is 2.87. The molecule has 0 atom stereocenters. The summed E-state index contributed by atoms with van der Waals surface area (Å²) in [6, 6.07) is 9.46. The van der Waals surface area contributed by atoms with Crippen LogP contribution in [0.1, 0.15) is 28.9 Å². The van der Waals surface area contributed by atoms with Crippen LogP contribution in [0.25, 0.3) is 0 Å². The van der Waals surface area contributed by atoms with Crippen LogP contribution in [0, 0.1) is 6.92 Å². The number of aromatic nitrogens is 2. The van der Waals surface area contributed by atoms with Gasteiger partial charge in [-0.05, 0) is 31.5 Å². The van der Waals surface area contributed by atoms with Crippen LogP contribution in [0.5, 0.6) is 0 Å². The highest BCUT2D eigenvalue weighted by atomic mass is 79.9. The number of nitrogens with zero attached hydrogens (tertiary/aromatic N) is 2. The van der Waals surface area contributed by atoms with Gasteiger partial charge in [0.1, 0.15) is 0 Å². The molecule has 1 aromatic carbocycles. The first-order valence-electron chi connectivity index (χ1n) is 5.94. The number of rotatable bonds is 5. The zero-order valence-electron chi connectivity index (χ0n) is 10.3. The predicted octanol–water partition coefficient (Wildman–Crippen LogP) is 3.62. The summed E-state index contributed by atoms with van der Waals surface area (Å²) in [4.78, 5) is 11.9. The van der Waals surface area contributed by atoms with Gasteiger partial charge in [-0.3, -0.25) is 9.48 Å². The Kier molecular flexibility index (Phi) is 4.31. The zero-order valence-corrected chi connectivity index (χ0v) is 11.9. The van der Waals surface area contributed by atoms with E-state index >= 15 is 0 Å². The first-order chi connectivity index (χ1) is 8.65. The van der Waals surface area contributed by atoms with Gasteiger partial charge < -0.3 is 0 Å². The van der Waals surface area contributed by atoms with Crippen molar-refractivity contribution in [3.05, 3.63) is 52.3 Å². The molecule has 1 heterocycles. The average molecular weight is 307 g/mol. The lowest BCUT2D eigenvalue weighted by Crippen LogP contribution is -2.04. The standard InChI is InChI=1S/C14H15BrN2O/c1-11-8-10-17(16-11)9-2-3-14(18)12-4-6-13(15)7-5-12/h4-8,10H,2-3,9H2,1H3. The van der Waals surface area contributed by atoms with Crippen LogP contribution in [0.3, 0.4) is 0 Å². The first kappa shape index (κ1) is 13.0. The summed E-state index contributed by atoms with van der Waals surface area (Å²) in [7, 11) is 0. The molecule has 1 aromatic heterocycles. The average Bonchev–Trinajstić information content (AvgIpc) is 2.76. The van der Waals surface area contributed by atoms with Crippen LogP contribution in [-0.2, 0) is 6.54 Å². The molecule has 0 bridgehead atoms. The Balaban J connectivity index is 1.83. The van der Waals surface area contributed by atoms with Gasteiger partial charge >= 0.3 is 0 Å². The number of Topliss-reactive ketones (excluding diaryl/α,β-unsaturated/α-hetero) is 1. The van der Waals surface area contributed by atoms with Crippen molar-refractivity contribution in [2.24, 2.45) is 0 Å². The molecule has 0 spiro atoms. The van der Waals surface area contributed by atoms with Crippen LogP contribution < -0.4 is 0 Å². The molecule has 2 aromatic rings. The molecule has 3 nitrogen and oxygen atoms in total. The minimum Gasteiger partial charge on any atom is -0.294 e. The molecular weight excluding hydrogens is 292 g/mol. The number of carbonyl (C=O) groups is 1. The van der Waals surface area contributed by atoms with E-state index in [-0.39, 0.29) is 5.78 Å². The van der Waals surface area contributed by atoms with E-state index in [2.05, 4.69) is 21.0 Å². The summed E-state index contributed by atoms with van der Waals surface area (Å²) in [5.74, 6) is 0.186. The van der Waals surface area contributed by atoms with E-state index in [9.17, 15) is 4.79 Å². The van der Waals surface area contributed by atoms with E-state index in [4.69, 9.17) is 0 Å². The van der Waals surface area contributed by atoms with E-state index in [1.807, 2.05) is 48.1 Å². The topological polar surface area (TPSA) is 34.9 Å². The molecule has 2 rings (SSSR count). The van der Waals surface area contributed by atoms with Crippen molar-refractivity contribution in [1.29, 1.82) is 0 Å². The number of carbonyl (C=O) groups excluding carboxylic acids is 1. The Labute approximate surface area is 115 Å². The maximum Gasteiger partial charge on any atom is 0.162 e. The highest BCUT2D eigenvalue weighted by molar-refractivity contribution is 9.10. The summed E-state index contributed by atoms with van der Waals surface area (Å²) in [6.45, 7) is 2.75. The molecule has 0 aliphatic carbocycles. The Bertz CT molecular complexity index is 531. The maximum absolute atomic E-state index is 11.9. The van der Waals surface area contributed by atoms with E-state index in [0.29, 0.717) is 6.42 Å². The highest BCUT2D eigenvalue weighted by Crippen LogP contribution is 2.12. The van der Waals surface area contributed by atoms with Gasteiger partial charge in [0, 0.05) is 29.2 Å². The SMILES string of the molecule is Cc1ccn(CCCC(=O)c2ccc(Br)cc2)n1. The van der Waals surface area contributed by atoms with Crippen molar-refractivity contribution in [1.82, 2.24) is 9.78 Å². The normalized spacial score (nSPS) is 10.6. The monoisotopic (exact) mass is 306 g/mol. The summed E-state index contributed by atoms with van der Waals surface area (Å²) in [5, 5.41) is 4.29. The first-order valence-corrected chi connectivity index (χ1v) is 6.73. The van der Waals surface area contributed by atoms with Gasteiger partial charge in [0.15, 0.2) is 5.78 Å². The molecule has 4 heteroatoms. The predicted molar refractivity (Wildman–Crippen MR) is 74.7 cm³/mol. The van der Waals surface area contributed by atoms with Crippen molar-refractivity contribution in [3.8, 4) is 0 Å². The second kappa shape index (κ2) is 5.96. The van der Waals surface area contributed by atoms with Crippen LogP contribution in [0.15, 0.2) is 41.0 Å². The van der Waals surface area contributed by atoms with Gasteiger partial charge in [0.2, 0.25) is 0 Å². The molecule has 0 radical (unpaired) electrons. The summed E-state index contributed by atoms with van der Waals surface area (Å²) in [6.07, 6.45) is 3.32. The minimum atomic E-state index is 0.186. The number of benzene rings is 1. The van der Waals surface area contributed by atoms with E-state index in [1.54, 1.807) is 0 Å². The van der Waals surface area contributed by atoms with Crippen molar-refractivity contribution < 1.29 is 4.79 Å².